The third-order valence-corrected chi connectivity index (χ3v) is 4.95. The smallest absolute Gasteiger partial charge is 0.270 e. The lowest BCUT2D eigenvalue weighted by molar-refractivity contribution is -0.116. The summed E-state index contributed by atoms with van der Waals surface area (Å²) < 4.78 is 1.81. The Morgan fingerprint density at radius 3 is 2.69 bits per heavy atom. The fraction of sp³-hybridized carbons (Fsp3) is 0.348. The van der Waals surface area contributed by atoms with Gasteiger partial charge in [0.15, 0.2) is 0 Å². The molecule has 2 aromatic heterocycles. The number of aryl methyl sites for hydroxylation is 3. The molecule has 3 rings (SSSR count). The third kappa shape index (κ3) is 5.22. The summed E-state index contributed by atoms with van der Waals surface area (Å²) >= 11 is 0. The number of imidazole rings is 1. The summed E-state index contributed by atoms with van der Waals surface area (Å²) in [6.45, 7) is 6.42. The Kier molecular flexibility index (Phi) is 6.65. The molecule has 2 amide bonds. The third-order valence-electron chi connectivity index (χ3n) is 4.95. The van der Waals surface area contributed by atoms with E-state index in [1.54, 1.807) is 0 Å². The summed E-state index contributed by atoms with van der Waals surface area (Å²) in [7, 11) is 0. The molecule has 1 aromatic carbocycles. The number of unbranched alkanes of at least 4 members (excludes halogenated alkanes) is 2. The molecule has 0 aliphatic rings. The number of pyridine rings is 1. The highest BCUT2D eigenvalue weighted by molar-refractivity contribution is 5.94. The Morgan fingerprint density at radius 1 is 1.03 bits per heavy atom. The molecule has 0 aliphatic heterocycles. The Morgan fingerprint density at radius 2 is 1.86 bits per heavy atom. The van der Waals surface area contributed by atoms with E-state index in [4.69, 9.17) is 0 Å². The Balaban J connectivity index is 1.38. The molecule has 2 N–H and O–H groups in total. The molecule has 2 heterocycles. The second-order valence-electron chi connectivity index (χ2n) is 7.41. The van der Waals surface area contributed by atoms with Gasteiger partial charge in [0.05, 0.1) is 5.69 Å². The maximum atomic E-state index is 12.5. The zero-order valence-corrected chi connectivity index (χ0v) is 17.3. The van der Waals surface area contributed by atoms with Crippen molar-refractivity contribution < 1.29 is 9.59 Å². The first-order chi connectivity index (χ1) is 14.0. The maximum absolute atomic E-state index is 12.5. The Hall–Kier alpha value is -3.15. The fourth-order valence-corrected chi connectivity index (χ4v) is 3.34. The van der Waals surface area contributed by atoms with Crippen LogP contribution < -0.4 is 10.6 Å². The molecule has 0 spiro atoms. The van der Waals surface area contributed by atoms with Crippen molar-refractivity contribution in [1.82, 2.24) is 14.7 Å². The minimum atomic E-state index is -0.117. The van der Waals surface area contributed by atoms with E-state index >= 15 is 0 Å². The lowest BCUT2D eigenvalue weighted by Gasteiger charge is -2.09. The normalized spacial score (nSPS) is 10.9. The summed E-state index contributed by atoms with van der Waals surface area (Å²) in [5.74, 6) is -0.0852. The molecule has 152 valence electrons. The van der Waals surface area contributed by atoms with Gasteiger partial charge in [0.1, 0.15) is 11.3 Å². The molecule has 0 fully saturated rings. The molecular formula is C23H28N4O2. The largest absolute Gasteiger partial charge is 0.351 e. The minimum Gasteiger partial charge on any atom is -0.351 e. The standard InChI is InChI=1S/C23H28N4O2/c1-16-11-12-17(2)19(15-16)26-21(28)10-5-4-7-13-24-23(29)22-18(3)25-20-9-6-8-14-27(20)22/h6,8-9,11-12,14-15H,4-5,7,10,13H2,1-3H3,(H,24,29)(H,26,28). The average Bonchev–Trinajstić information content (AvgIpc) is 3.03. The SMILES string of the molecule is Cc1ccc(C)c(NC(=O)CCCCCNC(=O)c2c(C)nc3ccccn23)c1. The lowest BCUT2D eigenvalue weighted by Crippen LogP contribution is -2.26. The lowest BCUT2D eigenvalue weighted by atomic mass is 10.1. The Labute approximate surface area is 171 Å². The van der Waals surface area contributed by atoms with Crippen molar-refractivity contribution in [2.75, 3.05) is 11.9 Å². The van der Waals surface area contributed by atoms with Crippen LogP contribution in [0.15, 0.2) is 42.6 Å². The van der Waals surface area contributed by atoms with Crippen molar-refractivity contribution in [1.29, 1.82) is 0 Å². The van der Waals surface area contributed by atoms with Gasteiger partial charge in [-0.3, -0.25) is 14.0 Å². The second kappa shape index (κ2) is 9.37. The van der Waals surface area contributed by atoms with Crippen molar-refractivity contribution in [3.63, 3.8) is 0 Å². The van der Waals surface area contributed by atoms with Crippen molar-refractivity contribution in [3.8, 4) is 0 Å². The number of nitrogens with one attached hydrogen (secondary N) is 2. The van der Waals surface area contributed by atoms with Crippen LogP contribution in [0.3, 0.4) is 0 Å². The number of aromatic nitrogens is 2. The predicted octanol–water partition coefficient (Wildman–Crippen LogP) is 4.19. The monoisotopic (exact) mass is 392 g/mol. The zero-order valence-electron chi connectivity index (χ0n) is 17.3. The van der Waals surface area contributed by atoms with Gasteiger partial charge in [0.2, 0.25) is 5.91 Å². The highest BCUT2D eigenvalue weighted by Gasteiger charge is 2.15. The molecule has 0 saturated heterocycles. The topological polar surface area (TPSA) is 75.5 Å². The highest BCUT2D eigenvalue weighted by Crippen LogP contribution is 2.17. The number of hydrogen-bond donors (Lipinski definition) is 2. The summed E-state index contributed by atoms with van der Waals surface area (Å²) in [4.78, 5) is 29.1. The molecule has 6 heteroatoms. The van der Waals surface area contributed by atoms with Crippen molar-refractivity contribution in [2.45, 2.75) is 46.5 Å². The number of anilines is 1. The molecule has 0 unspecified atom stereocenters. The van der Waals surface area contributed by atoms with Crippen LogP contribution in [0.4, 0.5) is 5.69 Å². The first-order valence-electron chi connectivity index (χ1n) is 10.0. The van der Waals surface area contributed by atoms with E-state index in [-0.39, 0.29) is 11.8 Å². The van der Waals surface area contributed by atoms with Gasteiger partial charge < -0.3 is 10.6 Å². The van der Waals surface area contributed by atoms with Gasteiger partial charge in [0, 0.05) is 24.8 Å². The van der Waals surface area contributed by atoms with E-state index in [0.29, 0.717) is 18.7 Å². The molecular weight excluding hydrogens is 364 g/mol. The van der Waals surface area contributed by atoms with Gasteiger partial charge in [-0.15, -0.1) is 0 Å². The molecule has 0 radical (unpaired) electrons. The maximum Gasteiger partial charge on any atom is 0.270 e. The molecule has 0 aliphatic carbocycles. The number of benzene rings is 1. The van der Waals surface area contributed by atoms with Gasteiger partial charge in [-0.2, -0.15) is 0 Å². The van der Waals surface area contributed by atoms with Gasteiger partial charge in [-0.25, -0.2) is 4.98 Å². The zero-order chi connectivity index (χ0) is 20.8. The van der Waals surface area contributed by atoms with Crippen LogP contribution in [0.25, 0.3) is 5.65 Å². The molecule has 3 aromatic rings. The summed E-state index contributed by atoms with van der Waals surface area (Å²) in [5.41, 5.74) is 5.14. The van der Waals surface area contributed by atoms with Crippen LogP contribution in [-0.2, 0) is 4.79 Å². The van der Waals surface area contributed by atoms with E-state index in [9.17, 15) is 9.59 Å². The van der Waals surface area contributed by atoms with Crippen LogP contribution in [0.2, 0.25) is 0 Å². The quantitative estimate of drug-likeness (QED) is 0.565. The fourth-order valence-electron chi connectivity index (χ4n) is 3.34. The first-order valence-corrected chi connectivity index (χ1v) is 10.0. The number of amides is 2. The molecule has 0 bridgehead atoms. The van der Waals surface area contributed by atoms with Crippen LogP contribution in [0.1, 0.15) is 53.0 Å². The number of carbonyl (C=O) groups excluding carboxylic acids is 2. The highest BCUT2D eigenvalue weighted by atomic mass is 16.2. The van der Waals surface area contributed by atoms with Gasteiger partial charge in [0.25, 0.3) is 5.91 Å². The van der Waals surface area contributed by atoms with Gasteiger partial charge in [-0.05, 0) is 62.9 Å². The summed E-state index contributed by atoms with van der Waals surface area (Å²) in [6, 6.07) is 11.7. The van der Waals surface area contributed by atoms with Crippen LogP contribution in [0.5, 0.6) is 0 Å². The average molecular weight is 393 g/mol. The second-order valence-corrected chi connectivity index (χ2v) is 7.41. The van der Waals surface area contributed by atoms with E-state index in [1.165, 1.54) is 0 Å². The van der Waals surface area contributed by atoms with E-state index in [1.807, 2.05) is 67.8 Å². The predicted molar refractivity (Wildman–Crippen MR) is 115 cm³/mol. The van der Waals surface area contributed by atoms with E-state index < -0.39 is 0 Å². The molecule has 6 nitrogen and oxygen atoms in total. The van der Waals surface area contributed by atoms with Crippen LogP contribution in [0, 0.1) is 20.8 Å². The number of rotatable bonds is 8. The number of nitrogens with zero attached hydrogens (tertiary/aromatic N) is 2. The summed E-state index contributed by atoms with van der Waals surface area (Å²) in [6.07, 6.45) is 4.83. The van der Waals surface area contributed by atoms with Crippen molar-refractivity contribution >= 4 is 23.1 Å². The number of hydrogen-bond acceptors (Lipinski definition) is 3. The Bertz CT molecular complexity index is 1020. The van der Waals surface area contributed by atoms with E-state index in [2.05, 4.69) is 15.6 Å². The van der Waals surface area contributed by atoms with Crippen molar-refractivity contribution in [2.24, 2.45) is 0 Å². The van der Waals surface area contributed by atoms with Crippen LogP contribution in [-0.4, -0.2) is 27.7 Å². The molecule has 0 saturated carbocycles. The van der Waals surface area contributed by atoms with Gasteiger partial charge >= 0.3 is 0 Å². The van der Waals surface area contributed by atoms with Crippen molar-refractivity contribution in [3.05, 3.63) is 65.1 Å². The first kappa shape index (κ1) is 20.6. The summed E-state index contributed by atoms with van der Waals surface area (Å²) in [5, 5.41) is 5.94. The minimum absolute atomic E-state index is 0.0316. The number of fused-ring (bicyclic) bond motifs is 1. The van der Waals surface area contributed by atoms with Gasteiger partial charge in [-0.1, -0.05) is 24.6 Å². The molecule has 29 heavy (non-hydrogen) atoms. The van der Waals surface area contributed by atoms with Crippen LogP contribution >= 0.6 is 0 Å². The van der Waals surface area contributed by atoms with E-state index in [0.717, 1.165) is 47.4 Å². The molecule has 0 atom stereocenters. The number of carbonyl (C=O) groups is 2.